The van der Waals surface area contributed by atoms with Crippen LogP contribution < -0.4 is 5.73 Å². The molecular weight excluding hydrogens is 356 g/mol. The van der Waals surface area contributed by atoms with Gasteiger partial charge in [-0.05, 0) is 29.5 Å². The minimum Gasteiger partial charge on any atom is -0.474 e. The van der Waals surface area contributed by atoms with Crippen LogP contribution in [-0.2, 0) is 9.53 Å². The summed E-state index contributed by atoms with van der Waals surface area (Å²) in [5.74, 6) is -0.354. The van der Waals surface area contributed by atoms with Gasteiger partial charge in [-0.2, -0.15) is 5.26 Å². The first kappa shape index (κ1) is 16.1. The van der Waals surface area contributed by atoms with Crippen LogP contribution in [0.5, 0.6) is 0 Å². The Hall–Kier alpha value is -1.80. The van der Waals surface area contributed by atoms with E-state index in [0.717, 1.165) is 16.5 Å². The summed E-state index contributed by atoms with van der Waals surface area (Å²) in [4.78, 5) is 12.8. The Morgan fingerprint density at radius 3 is 2.61 bits per heavy atom. The van der Waals surface area contributed by atoms with Gasteiger partial charge in [0.05, 0.1) is 11.5 Å². The van der Waals surface area contributed by atoms with Gasteiger partial charge < -0.3 is 10.5 Å². The van der Waals surface area contributed by atoms with E-state index in [1.165, 1.54) is 0 Å². The number of nitriles is 1. The molecule has 1 aromatic carbocycles. The van der Waals surface area contributed by atoms with Gasteiger partial charge in [-0.15, -0.1) is 0 Å². The van der Waals surface area contributed by atoms with Crippen molar-refractivity contribution in [2.24, 2.45) is 17.1 Å². The fourth-order valence-electron chi connectivity index (χ4n) is 3.78. The molecule has 3 atom stereocenters. The molecule has 1 aliphatic carbocycles. The van der Waals surface area contributed by atoms with E-state index in [9.17, 15) is 10.1 Å². The number of rotatable bonds is 1. The van der Waals surface area contributed by atoms with E-state index in [1.54, 1.807) is 0 Å². The zero-order valence-electron chi connectivity index (χ0n) is 13.2. The molecular formula is C18H19BrN2O2. The van der Waals surface area contributed by atoms with Crippen molar-refractivity contribution in [3.05, 3.63) is 45.8 Å². The van der Waals surface area contributed by atoms with Crippen molar-refractivity contribution in [1.29, 1.82) is 5.26 Å². The van der Waals surface area contributed by atoms with E-state index >= 15 is 0 Å². The van der Waals surface area contributed by atoms with Crippen molar-refractivity contribution in [1.82, 2.24) is 0 Å². The molecule has 2 N–H and O–H groups in total. The molecule has 1 aromatic rings. The first-order valence-corrected chi connectivity index (χ1v) is 8.46. The number of ketones is 1. The lowest BCUT2D eigenvalue weighted by Crippen LogP contribution is -2.48. The highest BCUT2D eigenvalue weighted by Gasteiger charge is 2.50. The highest BCUT2D eigenvalue weighted by molar-refractivity contribution is 9.10. The van der Waals surface area contributed by atoms with Gasteiger partial charge in [0.15, 0.2) is 5.88 Å². The molecule has 1 aliphatic heterocycles. The minimum absolute atomic E-state index is 0.104. The first-order valence-electron chi connectivity index (χ1n) is 7.67. The highest BCUT2D eigenvalue weighted by atomic mass is 79.9. The Morgan fingerprint density at radius 2 is 2.00 bits per heavy atom. The number of carbonyl (C=O) groups excluding carboxylic acids is 1. The zero-order chi connectivity index (χ0) is 16.8. The van der Waals surface area contributed by atoms with Gasteiger partial charge in [-0.25, -0.2) is 0 Å². The van der Waals surface area contributed by atoms with Crippen LogP contribution in [0.1, 0.15) is 38.2 Å². The van der Waals surface area contributed by atoms with Gasteiger partial charge in [0.25, 0.3) is 0 Å². The number of hydrogen-bond acceptors (Lipinski definition) is 4. The average Bonchev–Trinajstić information content (AvgIpc) is 2.45. The van der Waals surface area contributed by atoms with E-state index in [4.69, 9.17) is 10.5 Å². The Kier molecular flexibility index (Phi) is 3.97. The topological polar surface area (TPSA) is 76.1 Å². The molecule has 1 saturated carbocycles. The summed E-state index contributed by atoms with van der Waals surface area (Å²) in [5, 5.41) is 9.54. The normalized spacial score (nSPS) is 29.5. The summed E-state index contributed by atoms with van der Waals surface area (Å²) in [6.07, 6.45) is 0.996. The maximum Gasteiger partial charge on any atom is 0.199 e. The number of Topliss-reactive ketones (excluding diaryl/α,β-unsaturated/α-hetero) is 1. The van der Waals surface area contributed by atoms with Crippen molar-refractivity contribution in [3.63, 3.8) is 0 Å². The van der Waals surface area contributed by atoms with Gasteiger partial charge >= 0.3 is 0 Å². The largest absolute Gasteiger partial charge is 0.474 e. The van der Waals surface area contributed by atoms with Gasteiger partial charge in [0.1, 0.15) is 18.0 Å². The molecule has 0 aromatic heterocycles. The van der Waals surface area contributed by atoms with Crippen LogP contribution in [0.3, 0.4) is 0 Å². The Labute approximate surface area is 144 Å². The minimum atomic E-state index is -0.342. The van der Waals surface area contributed by atoms with Crippen LogP contribution in [0, 0.1) is 22.7 Å². The number of nitrogens with two attached hydrogens (primary N) is 1. The second kappa shape index (κ2) is 5.68. The predicted molar refractivity (Wildman–Crippen MR) is 90.1 cm³/mol. The third-order valence-corrected chi connectivity index (χ3v) is 5.27. The van der Waals surface area contributed by atoms with E-state index in [-0.39, 0.29) is 35.0 Å². The molecule has 23 heavy (non-hydrogen) atoms. The summed E-state index contributed by atoms with van der Waals surface area (Å²) < 4.78 is 6.74. The molecule has 1 heterocycles. The quantitative estimate of drug-likeness (QED) is 0.813. The fourth-order valence-corrected chi connectivity index (χ4v) is 4.05. The number of carbonyl (C=O) groups is 1. The van der Waals surface area contributed by atoms with Crippen molar-refractivity contribution < 1.29 is 9.53 Å². The van der Waals surface area contributed by atoms with Crippen LogP contribution in [0.15, 0.2) is 40.2 Å². The molecule has 3 rings (SSSR count). The average molecular weight is 375 g/mol. The molecule has 2 aliphatic rings. The van der Waals surface area contributed by atoms with Gasteiger partial charge in [0.2, 0.25) is 0 Å². The Balaban J connectivity index is 2.10. The number of nitrogens with zero attached hydrogens (tertiary/aromatic N) is 1. The summed E-state index contributed by atoms with van der Waals surface area (Å²) in [6.45, 7) is 4.14. The molecule has 0 radical (unpaired) electrons. The summed E-state index contributed by atoms with van der Waals surface area (Å²) in [5.41, 5.74) is 7.19. The third-order valence-electron chi connectivity index (χ3n) is 4.74. The number of halogens is 1. The highest BCUT2D eigenvalue weighted by Crippen LogP contribution is 2.48. The summed E-state index contributed by atoms with van der Waals surface area (Å²) in [6, 6.07) is 9.87. The van der Waals surface area contributed by atoms with E-state index in [0.29, 0.717) is 12.0 Å². The van der Waals surface area contributed by atoms with E-state index < -0.39 is 0 Å². The molecule has 0 saturated heterocycles. The van der Waals surface area contributed by atoms with Crippen molar-refractivity contribution in [2.75, 3.05) is 0 Å². The Morgan fingerprint density at radius 1 is 1.35 bits per heavy atom. The second-order valence-electron chi connectivity index (χ2n) is 7.11. The zero-order valence-corrected chi connectivity index (χ0v) is 14.8. The van der Waals surface area contributed by atoms with Crippen molar-refractivity contribution in [3.8, 4) is 6.07 Å². The number of fused-ring (bicyclic) bond motifs is 1. The molecule has 120 valence electrons. The van der Waals surface area contributed by atoms with Gasteiger partial charge in [0, 0.05) is 16.8 Å². The first-order chi connectivity index (χ1) is 10.8. The molecule has 0 spiro atoms. The lowest BCUT2D eigenvalue weighted by Gasteiger charge is -2.45. The molecule has 5 heteroatoms. The number of hydrogen-bond donors (Lipinski definition) is 1. The molecule has 1 fully saturated rings. The van der Waals surface area contributed by atoms with Crippen LogP contribution >= 0.6 is 15.9 Å². The van der Waals surface area contributed by atoms with E-state index in [1.807, 2.05) is 24.3 Å². The number of allylic oxidation sites excluding steroid dienone is 1. The van der Waals surface area contributed by atoms with Gasteiger partial charge in [-0.3, -0.25) is 4.79 Å². The number of ether oxygens (including phenoxy) is 1. The molecule has 0 amide bonds. The van der Waals surface area contributed by atoms with Gasteiger partial charge in [-0.1, -0.05) is 41.9 Å². The second-order valence-corrected chi connectivity index (χ2v) is 8.03. The van der Waals surface area contributed by atoms with Crippen molar-refractivity contribution >= 4 is 21.7 Å². The monoisotopic (exact) mass is 374 g/mol. The maximum absolute atomic E-state index is 12.8. The van der Waals surface area contributed by atoms with Crippen LogP contribution in [0.25, 0.3) is 0 Å². The van der Waals surface area contributed by atoms with E-state index in [2.05, 4.69) is 35.8 Å². The smallest absolute Gasteiger partial charge is 0.199 e. The molecule has 3 unspecified atom stereocenters. The Bertz CT molecular complexity index is 716. The fraction of sp³-hybridized carbons (Fsp3) is 0.444. The summed E-state index contributed by atoms with van der Waals surface area (Å²) in [7, 11) is 0. The van der Waals surface area contributed by atoms with Crippen LogP contribution in [0.4, 0.5) is 0 Å². The predicted octanol–water partition coefficient (Wildman–Crippen LogP) is 3.63. The molecule has 0 bridgehead atoms. The van der Waals surface area contributed by atoms with Crippen molar-refractivity contribution in [2.45, 2.75) is 38.7 Å². The maximum atomic E-state index is 12.8. The SMILES string of the molecule is CC1(C)CC(=O)C2C(C1)OC(N)=C(C#N)C2c1ccc(Br)cc1. The lowest BCUT2D eigenvalue weighted by atomic mass is 9.63. The van der Waals surface area contributed by atoms with Crippen LogP contribution in [-0.4, -0.2) is 11.9 Å². The number of benzene rings is 1. The standard InChI is InChI=1S/C18H19BrN2O2/c1-18(2)7-13(22)16-14(8-18)23-17(21)12(9-20)15(16)10-3-5-11(19)6-4-10/h3-6,14-16H,7-8,21H2,1-2H3. The van der Waals surface area contributed by atoms with Crippen LogP contribution in [0.2, 0.25) is 0 Å². The third kappa shape index (κ3) is 2.88. The molecule has 4 nitrogen and oxygen atoms in total. The lowest BCUT2D eigenvalue weighted by molar-refractivity contribution is -0.138. The summed E-state index contributed by atoms with van der Waals surface area (Å²) >= 11 is 3.42.